The first kappa shape index (κ1) is 11.5. The minimum absolute atomic E-state index is 0.303. The molecule has 1 aromatic rings. The predicted molar refractivity (Wildman–Crippen MR) is 60.1 cm³/mol. The maximum atomic E-state index is 11.7. The Morgan fingerprint density at radius 3 is 2.53 bits per heavy atom. The first-order valence-electron chi connectivity index (χ1n) is 5.49. The topological polar surface area (TPSA) is 71.4 Å². The molecule has 0 unspecified atom stereocenters. The molecule has 1 aromatic carbocycles. The van der Waals surface area contributed by atoms with Crippen molar-refractivity contribution in [3.63, 3.8) is 0 Å². The Morgan fingerprint density at radius 1 is 1.12 bits per heavy atom. The van der Waals surface area contributed by atoms with Crippen molar-refractivity contribution in [2.24, 2.45) is 0 Å². The van der Waals surface area contributed by atoms with Gasteiger partial charge in [0.1, 0.15) is 6.42 Å². The first-order valence-corrected chi connectivity index (χ1v) is 5.49. The van der Waals surface area contributed by atoms with E-state index in [0.717, 1.165) is 24.8 Å². The molecule has 4 nitrogen and oxygen atoms in total. The van der Waals surface area contributed by atoms with Gasteiger partial charge in [-0.3, -0.25) is 14.4 Å². The number of rotatable bonds is 4. The van der Waals surface area contributed by atoms with E-state index < -0.39 is 24.0 Å². The summed E-state index contributed by atoms with van der Waals surface area (Å²) in [7, 11) is 0. The Labute approximate surface area is 98.3 Å². The van der Waals surface area contributed by atoms with E-state index in [9.17, 15) is 14.4 Å². The summed E-state index contributed by atoms with van der Waals surface area (Å²) in [5.41, 5.74) is 2.61. The number of hydrogen-bond donors (Lipinski definition) is 1. The molecule has 0 spiro atoms. The van der Waals surface area contributed by atoms with Crippen LogP contribution in [0.25, 0.3) is 0 Å². The Morgan fingerprint density at radius 2 is 1.82 bits per heavy atom. The molecule has 2 rings (SSSR count). The van der Waals surface area contributed by atoms with Crippen molar-refractivity contribution in [2.45, 2.75) is 25.7 Å². The molecular weight excluding hydrogens is 220 g/mol. The van der Waals surface area contributed by atoms with Crippen molar-refractivity contribution in [1.82, 2.24) is 0 Å². The average Bonchev–Trinajstić information content (AvgIpc) is 2.73. The van der Waals surface area contributed by atoms with Crippen LogP contribution in [0.3, 0.4) is 0 Å². The predicted octanol–water partition coefficient (Wildman–Crippen LogP) is 1.40. The lowest BCUT2D eigenvalue weighted by atomic mass is 10.0. The summed E-state index contributed by atoms with van der Waals surface area (Å²) in [5, 5.41) is 8.46. The van der Waals surface area contributed by atoms with Crippen LogP contribution in [0.4, 0.5) is 0 Å². The molecule has 1 aliphatic rings. The molecule has 4 heteroatoms. The van der Waals surface area contributed by atoms with Crippen molar-refractivity contribution in [3.8, 4) is 0 Å². The molecule has 0 heterocycles. The maximum Gasteiger partial charge on any atom is 0.311 e. The molecule has 0 saturated carbocycles. The molecular formula is C13H12O4. The lowest BCUT2D eigenvalue weighted by Gasteiger charge is -2.02. The number of carbonyl (C=O) groups excluding carboxylic acids is 2. The number of ketones is 2. The summed E-state index contributed by atoms with van der Waals surface area (Å²) in [6.07, 6.45) is 2.25. The number of Topliss-reactive ketones (excluding diaryl/α,β-unsaturated/α-hetero) is 2. The van der Waals surface area contributed by atoms with Crippen LogP contribution >= 0.6 is 0 Å². The highest BCUT2D eigenvalue weighted by Gasteiger charge is 2.21. The smallest absolute Gasteiger partial charge is 0.311 e. The fourth-order valence-corrected chi connectivity index (χ4v) is 2.09. The van der Waals surface area contributed by atoms with E-state index >= 15 is 0 Å². The van der Waals surface area contributed by atoms with E-state index in [1.165, 1.54) is 5.56 Å². The molecule has 1 N–H and O–H groups in total. The zero-order valence-corrected chi connectivity index (χ0v) is 9.23. The van der Waals surface area contributed by atoms with Gasteiger partial charge < -0.3 is 5.11 Å². The van der Waals surface area contributed by atoms with Gasteiger partial charge in [0, 0.05) is 5.56 Å². The molecule has 0 fully saturated rings. The fraction of sp³-hybridized carbons (Fsp3) is 0.308. The first-order chi connectivity index (χ1) is 8.08. The standard InChI is InChI=1S/C13H12O4/c14-11(7-12(15)16)13(17)10-5-4-8-2-1-3-9(8)6-10/h4-6H,1-3,7H2,(H,15,16). The Hall–Kier alpha value is -1.97. The minimum Gasteiger partial charge on any atom is -0.481 e. The summed E-state index contributed by atoms with van der Waals surface area (Å²) in [5.74, 6) is -2.85. The molecule has 88 valence electrons. The van der Waals surface area contributed by atoms with Crippen molar-refractivity contribution in [2.75, 3.05) is 0 Å². The number of hydrogen-bond acceptors (Lipinski definition) is 3. The van der Waals surface area contributed by atoms with Crippen molar-refractivity contribution >= 4 is 17.5 Å². The second-order valence-electron chi connectivity index (χ2n) is 4.16. The van der Waals surface area contributed by atoms with Gasteiger partial charge in [-0.2, -0.15) is 0 Å². The highest BCUT2D eigenvalue weighted by Crippen LogP contribution is 2.23. The molecule has 17 heavy (non-hydrogen) atoms. The zero-order chi connectivity index (χ0) is 12.4. The molecule has 0 aliphatic heterocycles. The molecule has 0 atom stereocenters. The van der Waals surface area contributed by atoms with Gasteiger partial charge in [-0.25, -0.2) is 0 Å². The largest absolute Gasteiger partial charge is 0.481 e. The maximum absolute atomic E-state index is 11.7. The van der Waals surface area contributed by atoms with Gasteiger partial charge in [-0.1, -0.05) is 12.1 Å². The number of aliphatic carboxylic acids is 1. The van der Waals surface area contributed by atoms with E-state index in [1.54, 1.807) is 12.1 Å². The van der Waals surface area contributed by atoms with Crippen LogP contribution in [0.1, 0.15) is 34.3 Å². The normalized spacial score (nSPS) is 13.2. The Balaban J connectivity index is 2.20. The highest BCUT2D eigenvalue weighted by molar-refractivity contribution is 6.45. The van der Waals surface area contributed by atoms with Gasteiger partial charge in [0.05, 0.1) is 0 Å². The monoisotopic (exact) mass is 232 g/mol. The van der Waals surface area contributed by atoms with E-state index in [4.69, 9.17) is 5.11 Å². The summed E-state index contributed by atoms with van der Waals surface area (Å²) < 4.78 is 0. The van der Waals surface area contributed by atoms with Crippen LogP contribution in [0.2, 0.25) is 0 Å². The molecule has 0 saturated heterocycles. The summed E-state index contributed by atoms with van der Waals surface area (Å²) in [4.78, 5) is 33.4. The number of carbonyl (C=O) groups is 3. The van der Waals surface area contributed by atoms with Gasteiger partial charge >= 0.3 is 5.97 Å². The summed E-state index contributed by atoms with van der Waals surface area (Å²) in [6, 6.07) is 5.17. The molecule has 0 radical (unpaired) electrons. The lowest BCUT2D eigenvalue weighted by Crippen LogP contribution is -2.18. The van der Waals surface area contributed by atoms with Crippen LogP contribution in [-0.2, 0) is 22.4 Å². The van der Waals surface area contributed by atoms with E-state index in [-0.39, 0.29) is 0 Å². The fourth-order valence-electron chi connectivity index (χ4n) is 2.09. The molecule has 1 aliphatic carbocycles. The van der Waals surface area contributed by atoms with Gasteiger partial charge in [-0.15, -0.1) is 0 Å². The summed E-state index contributed by atoms with van der Waals surface area (Å²) in [6.45, 7) is 0. The Kier molecular flexibility index (Phi) is 3.04. The average molecular weight is 232 g/mol. The van der Waals surface area contributed by atoms with Crippen LogP contribution in [-0.4, -0.2) is 22.6 Å². The van der Waals surface area contributed by atoms with Gasteiger partial charge in [0.15, 0.2) is 0 Å². The number of carboxylic acids is 1. The van der Waals surface area contributed by atoms with Crippen molar-refractivity contribution < 1.29 is 19.5 Å². The number of benzene rings is 1. The van der Waals surface area contributed by atoms with E-state index in [2.05, 4.69) is 0 Å². The number of carboxylic acid groups (broad SMARTS) is 1. The van der Waals surface area contributed by atoms with E-state index in [0.29, 0.717) is 5.56 Å². The molecule has 0 bridgehead atoms. The SMILES string of the molecule is O=C(O)CC(=O)C(=O)c1ccc2c(c1)CCC2. The lowest BCUT2D eigenvalue weighted by molar-refractivity contribution is -0.139. The Bertz CT molecular complexity index is 502. The minimum atomic E-state index is -1.27. The zero-order valence-electron chi connectivity index (χ0n) is 9.23. The van der Waals surface area contributed by atoms with Gasteiger partial charge in [0.25, 0.3) is 0 Å². The summed E-state index contributed by atoms with van der Waals surface area (Å²) >= 11 is 0. The van der Waals surface area contributed by atoms with Crippen LogP contribution in [0.15, 0.2) is 18.2 Å². The molecule has 0 amide bonds. The van der Waals surface area contributed by atoms with Crippen molar-refractivity contribution in [3.05, 3.63) is 34.9 Å². The third kappa shape index (κ3) is 2.41. The molecule has 0 aromatic heterocycles. The number of fused-ring (bicyclic) bond motifs is 1. The third-order valence-electron chi connectivity index (χ3n) is 2.93. The van der Waals surface area contributed by atoms with Gasteiger partial charge in [-0.05, 0) is 36.5 Å². The van der Waals surface area contributed by atoms with E-state index in [1.807, 2.05) is 6.07 Å². The number of aryl methyl sites for hydroxylation is 2. The van der Waals surface area contributed by atoms with Crippen LogP contribution < -0.4 is 0 Å². The van der Waals surface area contributed by atoms with Crippen molar-refractivity contribution in [1.29, 1.82) is 0 Å². The second kappa shape index (κ2) is 4.49. The van der Waals surface area contributed by atoms with Crippen LogP contribution in [0, 0.1) is 0 Å². The second-order valence-corrected chi connectivity index (χ2v) is 4.16. The van der Waals surface area contributed by atoms with Gasteiger partial charge in [0.2, 0.25) is 11.6 Å². The third-order valence-corrected chi connectivity index (χ3v) is 2.93. The quantitative estimate of drug-likeness (QED) is 0.484. The van der Waals surface area contributed by atoms with Crippen LogP contribution in [0.5, 0.6) is 0 Å². The highest BCUT2D eigenvalue weighted by atomic mass is 16.4.